The normalized spacial score (nSPS) is 18.2. The van der Waals surface area contributed by atoms with E-state index >= 15 is 0 Å². The van der Waals surface area contributed by atoms with Gasteiger partial charge in [-0.15, -0.1) is 11.3 Å². The van der Waals surface area contributed by atoms with Crippen LogP contribution in [-0.2, 0) is 11.0 Å². The second kappa shape index (κ2) is 8.55. The Hall–Kier alpha value is -2.13. The molecule has 0 radical (unpaired) electrons. The average Bonchev–Trinajstić information content (AvgIpc) is 3.35. The van der Waals surface area contributed by atoms with Gasteiger partial charge in [0.25, 0.3) is 0 Å². The van der Waals surface area contributed by atoms with Crippen LogP contribution in [0.25, 0.3) is 0 Å². The van der Waals surface area contributed by atoms with Gasteiger partial charge in [0.2, 0.25) is 5.91 Å². The lowest BCUT2D eigenvalue weighted by atomic mass is 9.90. The molecule has 1 aromatic carbocycles. The molecule has 0 unspecified atom stereocenters. The molecular weight excluding hydrogens is 431 g/mol. The Morgan fingerprint density at radius 1 is 1.13 bits per heavy atom. The molecule has 1 fully saturated rings. The van der Waals surface area contributed by atoms with Crippen molar-refractivity contribution in [1.82, 2.24) is 0 Å². The second-order valence-electron chi connectivity index (χ2n) is 7.31. The second-order valence-corrected chi connectivity index (χ2v) is 9.22. The van der Waals surface area contributed by atoms with E-state index in [2.05, 4.69) is 5.32 Å². The molecule has 1 spiro atoms. The monoisotopic (exact) mass is 451 g/mol. The van der Waals surface area contributed by atoms with Gasteiger partial charge < -0.3 is 5.32 Å². The summed E-state index contributed by atoms with van der Waals surface area (Å²) >= 11 is 2.87. The van der Waals surface area contributed by atoms with Crippen molar-refractivity contribution in [3.05, 3.63) is 52.2 Å². The molecule has 1 amide bonds. The minimum atomic E-state index is -4.45. The molecular formula is C21H20F3N3OS2. The first-order valence-corrected chi connectivity index (χ1v) is 11.6. The number of carbonyl (C=O) groups excluding carboxylic acids is 1. The van der Waals surface area contributed by atoms with Gasteiger partial charge in [-0.25, -0.2) is 4.99 Å². The van der Waals surface area contributed by atoms with Crippen LogP contribution in [0.15, 0.2) is 51.8 Å². The maximum atomic E-state index is 12.9. The van der Waals surface area contributed by atoms with Gasteiger partial charge in [0.1, 0.15) is 10.8 Å². The number of rotatable bonds is 4. The summed E-state index contributed by atoms with van der Waals surface area (Å²) in [7, 11) is 0. The topological polar surface area (TPSA) is 53.8 Å². The maximum absolute atomic E-state index is 12.9. The number of alkyl halides is 3. The Balaban J connectivity index is 1.45. The summed E-state index contributed by atoms with van der Waals surface area (Å²) in [4.78, 5) is 23.2. The average molecular weight is 452 g/mol. The molecule has 2 aliphatic rings. The van der Waals surface area contributed by atoms with Gasteiger partial charge in [0.05, 0.1) is 16.2 Å². The van der Waals surface area contributed by atoms with Crippen molar-refractivity contribution in [1.29, 1.82) is 0 Å². The Morgan fingerprint density at radius 3 is 2.63 bits per heavy atom. The van der Waals surface area contributed by atoms with Crippen LogP contribution in [0.2, 0.25) is 0 Å². The van der Waals surface area contributed by atoms with E-state index in [4.69, 9.17) is 9.98 Å². The summed E-state index contributed by atoms with van der Waals surface area (Å²) in [5.41, 5.74) is -0.264. The third kappa shape index (κ3) is 4.78. The molecule has 158 valence electrons. The van der Waals surface area contributed by atoms with E-state index in [0.717, 1.165) is 53.4 Å². The third-order valence-electron chi connectivity index (χ3n) is 5.05. The predicted octanol–water partition coefficient (Wildman–Crippen LogP) is 6.00. The van der Waals surface area contributed by atoms with Crippen LogP contribution in [0.4, 0.5) is 18.9 Å². The first-order chi connectivity index (χ1) is 14.3. The van der Waals surface area contributed by atoms with Crippen LogP contribution in [0.3, 0.4) is 0 Å². The highest BCUT2D eigenvalue weighted by Gasteiger charge is 2.38. The van der Waals surface area contributed by atoms with Crippen molar-refractivity contribution in [2.75, 3.05) is 11.1 Å². The summed E-state index contributed by atoms with van der Waals surface area (Å²) in [5.74, 6) is -0.326. The molecule has 1 N–H and O–H groups in total. The third-order valence-corrected chi connectivity index (χ3v) is 6.90. The number of thiophene rings is 1. The fourth-order valence-electron chi connectivity index (χ4n) is 3.64. The van der Waals surface area contributed by atoms with E-state index in [1.54, 1.807) is 11.3 Å². The van der Waals surface area contributed by atoms with Crippen molar-refractivity contribution in [3.63, 3.8) is 0 Å². The molecule has 0 saturated heterocycles. The SMILES string of the molecule is O=C(CSC1=NC2(CCCCC2)N=C1c1cccs1)Nc1cccc(C(F)(F)F)c1. The zero-order valence-corrected chi connectivity index (χ0v) is 17.7. The van der Waals surface area contributed by atoms with E-state index in [1.165, 1.54) is 30.3 Å². The molecule has 2 heterocycles. The number of anilines is 1. The van der Waals surface area contributed by atoms with Crippen molar-refractivity contribution >= 4 is 45.4 Å². The highest BCUT2D eigenvalue weighted by atomic mass is 32.2. The smallest absolute Gasteiger partial charge is 0.325 e. The van der Waals surface area contributed by atoms with Crippen molar-refractivity contribution in [2.24, 2.45) is 9.98 Å². The lowest BCUT2D eigenvalue weighted by molar-refractivity contribution is -0.137. The fraction of sp³-hybridized carbons (Fsp3) is 0.381. The molecule has 1 aliphatic heterocycles. The van der Waals surface area contributed by atoms with Crippen LogP contribution >= 0.6 is 23.1 Å². The molecule has 0 atom stereocenters. The Bertz CT molecular complexity index is 978. The number of carbonyl (C=O) groups is 1. The standard InChI is InChI=1S/C21H20F3N3OS2/c22-21(23,24)14-6-4-7-15(12-14)25-17(28)13-30-19-18(16-8-5-11-29-16)26-20(27-19)9-2-1-3-10-20/h4-8,11-12H,1-3,9-10,13H2,(H,25,28). The molecule has 4 rings (SSSR count). The highest BCUT2D eigenvalue weighted by Crippen LogP contribution is 2.39. The highest BCUT2D eigenvalue weighted by molar-refractivity contribution is 8.16. The number of thioether (sulfide) groups is 1. The predicted molar refractivity (Wildman–Crippen MR) is 117 cm³/mol. The number of halogens is 3. The van der Waals surface area contributed by atoms with Gasteiger partial charge in [-0.2, -0.15) is 13.2 Å². The van der Waals surface area contributed by atoms with Crippen molar-refractivity contribution in [3.8, 4) is 0 Å². The van der Waals surface area contributed by atoms with Crippen molar-refractivity contribution < 1.29 is 18.0 Å². The quantitative estimate of drug-likeness (QED) is 0.620. The van der Waals surface area contributed by atoms with E-state index in [0.29, 0.717) is 0 Å². The maximum Gasteiger partial charge on any atom is 0.416 e. The first-order valence-electron chi connectivity index (χ1n) is 9.69. The van der Waals surface area contributed by atoms with Crippen molar-refractivity contribution in [2.45, 2.75) is 43.9 Å². The lowest BCUT2D eigenvalue weighted by Crippen LogP contribution is -2.25. The lowest BCUT2D eigenvalue weighted by Gasteiger charge is -2.27. The Morgan fingerprint density at radius 2 is 1.93 bits per heavy atom. The minimum Gasteiger partial charge on any atom is -0.325 e. The van der Waals surface area contributed by atoms with Gasteiger partial charge >= 0.3 is 6.18 Å². The van der Waals surface area contributed by atoms with Gasteiger partial charge in [0.15, 0.2) is 5.66 Å². The van der Waals surface area contributed by atoms with E-state index < -0.39 is 17.4 Å². The van der Waals surface area contributed by atoms with Crippen LogP contribution < -0.4 is 5.32 Å². The first kappa shape index (κ1) is 21.1. The van der Waals surface area contributed by atoms with Crippen LogP contribution in [-0.4, -0.2) is 28.1 Å². The molecule has 4 nitrogen and oxygen atoms in total. The number of amides is 1. The summed E-state index contributed by atoms with van der Waals surface area (Å²) < 4.78 is 38.6. The van der Waals surface area contributed by atoms with E-state index in [-0.39, 0.29) is 17.3 Å². The fourth-order valence-corrected chi connectivity index (χ4v) is 5.29. The molecule has 30 heavy (non-hydrogen) atoms. The molecule has 1 saturated carbocycles. The Labute approximate surface area is 180 Å². The van der Waals surface area contributed by atoms with Gasteiger partial charge in [-0.1, -0.05) is 30.3 Å². The molecule has 0 bridgehead atoms. The number of hydrogen-bond acceptors (Lipinski definition) is 5. The summed E-state index contributed by atoms with van der Waals surface area (Å²) in [5, 5.41) is 5.26. The van der Waals surface area contributed by atoms with E-state index in [9.17, 15) is 18.0 Å². The number of nitrogens with one attached hydrogen (secondary N) is 1. The largest absolute Gasteiger partial charge is 0.416 e. The number of nitrogens with zero attached hydrogens (tertiary/aromatic N) is 2. The van der Waals surface area contributed by atoms with Gasteiger partial charge in [-0.3, -0.25) is 9.79 Å². The summed E-state index contributed by atoms with van der Waals surface area (Å²) in [6.07, 6.45) is 0.708. The number of aliphatic imine (C=N–C) groups is 2. The van der Waals surface area contributed by atoms with E-state index in [1.807, 2.05) is 17.5 Å². The minimum absolute atomic E-state index is 0.0511. The van der Waals surface area contributed by atoms with Crippen LogP contribution in [0.5, 0.6) is 0 Å². The van der Waals surface area contributed by atoms with Crippen LogP contribution in [0.1, 0.15) is 42.5 Å². The number of benzene rings is 1. The zero-order chi connectivity index (χ0) is 21.2. The zero-order valence-electron chi connectivity index (χ0n) is 16.0. The Kier molecular flexibility index (Phi) is 6.02. The number of hydrogen-bond donors (Lipinski definition) is 1. The molecule has 9 heteroatoms. The van der Waals surface area contributed by atoms with Gasteiger partial charge in [0, 0.05) is 5.69 Å². The van der Waals surface area contributed by atoms with Gasteiger partial charge in [-0.05, 0) is 55.3 Å². The molecule has 2 aromatic rings. The summed E-state index contributed by atoms with van der Waals surface area (Å²) in [6.45, 7) is 0. The van der Waals surface area contributed by atoms with Crippen LogP contribution in [0, 0.1) is 0 Å². The molecule has 1 aromatic heterocycles. The molecule has 1 aliphatic carbocycles. The summed E-state index contributed by atoms with van der Waals surface area (Å²) in [6, 6.07) is 8.58.